The summed E-state index contributed by atoms with van der Waals surface area (Å²) in [6, 6.07) is 10.5. The molecule has 0 spiro atoms. The molecule has 20 heavy (non-hydrogen) atoms. The third kappa shape index (κ3) is 3.94. The van der Waals surface area contributed by atoms with Gasteiger partial charge in [-0.1, -0.05) is 23.4 Å². The summed E-state index contributed by atoms with van der Waals surface area (Å²) in [5.41, 5.74) is 0.569. The highest BCUT2D eigenvalue weighted by molar-refractivity contribution is 5.95. The van der Waals surface area contributed by atoms with E-state index in [4.69, 9.17) is 4.52 Å². The van der Waals surface area contributed by atoms with Crippen LogP contribution in [0.15, 0.2) is 40.9 Å². The molecule has 1 aromatic heterocycles. The van der Waals surface area contributed by atoms with Gasteiger partial charge in [0.05, 0.1) is 0 Å². The summed E-state index contributed by atoms with van der Waals surface area (Å²) in [4.78, 5) is 23.3. The number of aryl methyl sites for hydroxylation is 1. The maximum atomic E-state index is 11.7. The molecule has 0 atom stereocenters. The lowest BCUT2D eigenvalue weighted by molar-refractivity contribution is -0.116. The summed E-state index contributed by atoms with van der Waals surface area (Å²) in [6.45, 7) is 2.00. The molecule has 0 bridgehead atoms. The largest absolute Gasteiger partial charge is 0.360 e. The van der Waals surface area contributed by atoms with Crippen molar-refractivity contribution >= 4 is 17.6 Å². The Hall–Kier alpha value is -2.63. The average Bonchev–Trinajstić information content (AvgIpc) is 2.85. The zero-order chi connectivity index (χ0) is 14.4. The van der Waals surface area contributed by atoms with Crippen LogP contribution in [-0.4, -0.2) is 23.5 Å². The van der Waals surface area contributed by atoms with Crippen molar-refractivity contribution in [2.45, 2.75) is 13.3 Å². The van der Waals surface area contributed by atoms with Gasteiger partial charge in [-0.05, 0) is 19.1 Å². The molecule has 0 aliphatic heterocycles. The minimum atomic E-state index is -0.230. The number of nitrogens with one attached hydrogen (secondary N) is 2. The molecule has 6 heteroatoms. The third-order valence-electron chi connectivity index (χ3n) is 2.57. The Morgan fingerprint density at radius 3 is 2.65 bits per heavy atom. The van der Waals surface area contributed by atoms with Crippen LogP contribution in [0.25, 0.3) is 0 Å². The molecule has 104 valence electrons. The first-order chi connectivity index (χ1) is 9.65. The second kappa shape index (κ2) is 6.51. The van der Waals surface area contributed by atoms with Crippen LogP contribution in [0.2, 0.25) is 0 Å². The zero-order valence-electron chi connectivity index (χ0n) is 11.1. The number of benzene rings is 1. The smallest absolute Gasteiger partial charge is 0.251 e. The predicted molar refractivity (Wildman–Crippen MR) is 73.3 cm³/mol. The minimum Gasteiger partial charge on any atom is -0.360 e. The lowest BCUT2D eigenvalue weighted by Crippen LogP contribution is -2.27. The van der Waals surface area contributed by atoms with E-state index in [1.54, 1.807) is 37.3 Å². The Balaban J connectivity index is 1.73. The Kier molecular flexibility index (Phi) is 4.49. The Labute approximate surface area is 116 Å². The molecule has 0 radical (unpaired) electrons. The van der Waals surface area contributed by atoms with E-state index in [1.807, 2.05) is 6.07 Å². The van der Waals surface area contributed by atoms with Crippen molar-refractivity contribution < 1.29 is 14.1 Å². The molecule has 2 amide bonds. The monoisotopic (exact) mass is 273 g/mol. The van der Waals surface area contributed by atoms with Crippen LogP contribution in [-0.2, 0) is 4.79 Å². The van der Waals surface area contributed by atoms with E-state index in [-0.39, 0.29) is 24.8 Å². The quantitative estimate of drug-likeness (QED) is 0.869. The minimum absolute atomic E-state index is 0.171. The number of nitrogens with zero attached hydrogens (tertiary/aromatic N) is 1. The lowest BCUT2D eigenvalue weighted by atomic mass is 10.2. The molecule has 2 N–H and O–H groups in total. The number of rotatable bonds is 5. The van der Waals surface area contributed by atoms with Crippen molar-refractivity contribution in [1.82, 2.24) is 10.5 Å². The van der Waals surface area contributed by atoms with Crippen LogP contribution in [0.4, 0.5) is 5.82 Å². The Morgan fingerprint density at radius 1 is 1.25 bits per heavy atom. The maximum Gasteiger partial charge on any atom is 0.251 e. The fourth-order valence-corrected chi connectivity index (χ4v) is 1.61. The van der Waals surface area contributed by atoms with Crippen molar-refractivity contribution in [2.75, 3.05) is 11.9 Å². The van der Waals surface area contributed by atoms with Crippen LogP contribution < -0.4 is 10.6 Å². The highest BCUT2D eigenvalue weighted by Crippen LogP contribution is 2.07. The number of hydrogen-bond donors (Lipinski definition) is 2. The van der Waals surface area contributed by atoms with Crippen molar-refractivity contribution in [1.29, 1.82) is 0 Å². The molecule has 2 aromatic rings. The molecule has 1 heterocycles. The van der Waals surface area contributed by atoms with Crippen LogP contribution in [0.3, 0.4) is 0 Å². The van der Waals surface area contributed by atoms with Gasteiger partial charge < -0.3 is 15.2 Å². The first-order valence-electron chi connectivity index (χ1n) is 6.21. The van der Waals surface area contributed by atoms with E-state index in [0.717, 1.165) is 0 Å². The Morgan fingerprint density at radius 2 is 2.00 bits per heavy atom. The number of hydrogen-bond acceptors (Lipinski definition) is 4. The predicted octanol–water partition coefficient (Wildman–Crippen LogP) is 1.74. The summed E-state index contributed by atoms with van der Waals surface area (Å²) in [5.74, 6) is 0.571. The van der Waals surface area contributed by atoms with Gasteiger partial charge in [-0.25, -0.2) is 0 Å². The SMILES string of the molecule is Cc1cc(NC(=O)CCNC(=O)c2ccccc2)no1. The van der Waals surface area contributed by atoms with Gasteiger partial charge in [0, 0.05) is 24.6 Å². The molecule has 0 saturated carbocycles. The van der Waals surface area contributed by atoms with E-state index in [2.05, 4.69) is 15.8 Å². The molecular weight excluding hydrogens is 258 g/mol. The second-order valence-electron chi connectivity index (χ2n) is 4.24. The van der Waals surface area contributed by atoms with Gasteiger partial charge in [0.15, 0.2) is 5.82 Å². The number of carbonyl (C=O) groups excluding carboxylic acids is 2. The number of amides is 2. The van der Waals surface area contributed by atoms with E-state index in [0.29, 0.717) is 17.1 Å². The standard InChI is InChI=1S/C14H15N3O3/c1-10-9-12(17-20-10)16-13(18)7-8-15-14(19)11-5-3-2-4-6-11/h2-6,9H,7-8H2,1H3,(H,15,19)(H,16,17,18). The maximum absolute atomic E-state index is 11.7. The summed E-state index contributed by atoms with van der Waals surface area (Å²) >= 11 is 0. The van der Waals surface area contributed by atoms with Crippen LogP contribution in [0, 0.1) is 6.92 Å². The molecule has 0 saturated heterocycles. The summed E-state index contributed by atoms with van der Waals surface area (Å²) in [7, 11) is 0. The third-order valence-corrected chi connectivity index (χ3v) is 2.57. The first-order valence-corrected chi connectivity index (χ1v) is 6.21. The number of aromatic nitrogens is 1. The molecule has 0 unspecified atom stereocenters. The Bertz CT molecular complexity index is 593. The first kappa shape index (κ1) is 13.8. The molecule has 0 aliphatic rings. The fraction of sp³-hybridized carbons (Fsp3) is 0.214. The molecule has 2 rings (SSSR count). The van der Waals surface area contributed by atoms with Gasteiger partial charge in [0.1, 0.15) is 5.76 Å². The van der Waals surface area contributed by atoms with Crippen molar-refractivity contribution in [3.8, 4) is 0 Å². The zero-order valence-corrected chi connectivity index (χ0v) is 11.1. The molecular formula is C14H15N3O3. The summed E-state index contributed by atoms with van der Waals surface area (Å²) in [6.07, 6.45) is 0.171. The molecule has 0 aliphatic carbocycles. The average molecular weight is 273 g/mol. The molecule has 1 aromatic carbocycles. The number of carbonyl (C=O) groups is 2. The fourth-order valence-electron chi connectivity index (χ4n) is 1.61. The van der Waals surface area contributed by atoms with Crippen LogP contribution in [0.5, 0.6) is 0 Å². The second-order valence-corrected chi connectivity index (χ2v) is 4.24. The summed E-state index contributed by atoms with van der Waals surface area (Å²) in [5, 5.41) is 8.91. The topological polar surface area (TPSA) is 84.2 Å². The van der Waals surface area contributed by atoms with Crippen LogP contribution in [0.1, 0.15) is 22.5 Å². The van der Waals surface area contributed by atoms with E-state index >= 15 is 0 Å². The van der Waals surface area contributed by atoms with E-state index < -0.39 is 0 Å². The van der Waals surface area contributed by atoms with Gasteiger partial charge in [-0.15, -0.1) is 0 Å². The van der Waals surface area contributed by atoms with E-state index in [1.165, 1.54) is 0 Å². The normalized spacial score (nSPS) is 10.1. The van der Waals surface area contributed by atoms with E-state index in [9.17, 15) is 9.59 Å². The van der Waals surface area contributed by atoms with Gasteiger partial charge in [0.25, 0.3) is 5.91 Å². The lowest BCUT2D eigenvalue weighted by Gasteiger charge is -2.04. The molecule has 6 nitrogen and oxygen atoms in total. The van der Waals surface area contributed by atoms with Crippen molar-refractivity contribution in [3.63, 3.8) is 0 Å². The molecule has 0 fully saturated rings. The van der Waals surface area contributed by atoms with Crippen LogP contribution >= 0.6 is 0 Å². The van der Waals surface area contributed by atoms with Gasteiger partial charge in [0.2, 0.25) is 5.91 Å². The van der Waals surface area contributed by atoms with Gasteiger partial charge >= 0.3 is 0 Å². The van der Waals surface area contributed by atoms with Crippen molar-refractivity contribution in [2.24, 2.45) is 0 Å². The van der Waals surface area contributed by atoms with Gasteiger partial charge in [-0.3, -0.25) is 9.59 Å². The highest BCUT2D eigenvalue weighted by atomic mass is 16.5. The number of anilines is 1. The summed E-state index contributed by atoms with van der Waals surface area (Å²) < 4.78 is 4.83. The highest BCUT2D eigenvalue weighted by Gasteiger charge is 2.08. The van der Waals surface area contributed by atoms with Gasteiger partial charge in [-0.2, -0.15) is 0 Å². The van der Waals surface area contributed by atoms with Crippen molar-refractivity contribution in [3.05, 3.63) is 47.7 Å².